The number of carbonyl (C=O) groups excluding carboxylic acids is 1. The molecule has 0 aliphatic carbocycles. The van der Waals surface area contributed by atoms with Gasteiger partial charge in [0.15, 0.2) is 11.5 Å². The van der Waals surface area contributed by atoms with Gasteiger partial charge in [0.25, 0.3) is 5.91 Å². The summed E-state index contributed by atoms with van der Waals surface area (Å²) in [7, 11) is 3.16. The molecule has 0 radical (unpaired) electrons. The monoisotopic (exact) mass is 392 g/mol. The van der Waals surface area contributed by atoms with E-state index in [1.54, 1.807) is 31.3 Å². The van der Waals surface area contributed by atoms with E-state index < -0.39 is 0 Å². The Morgan fingerprint density at radius 1 is 1.03 bits per heavy atom. The number of methoxy groups -OCH3 is 2. The first-order valence-electron chi connectivity index (χ1n) is 9.25. The van der Waals surface area contributed by atoms with Crippen LogP contribution < -0.4 is 19.7 Å². The van der Waals surface area contributed by atoms with Crippen molar-refractivity contribution in [1.29, 1.82) is 0 Å². The minimum absolute atomic E-state index is 0.191. The highest BCUT2D eigenvalue weighted by atomic mass is 16.5. The molecular formula is C22H24N4O3. The molecule has 0 saturated carbocycles. The minimum Gasteiger partial charge on any atom is -0.493 e. The lowest BCUT2D eigenvalue weighted by Gasteiger charge is -2.21. The molecule has 3 rings (SSSR count). The Bertz CT molecular complexity index is 990. The fraction of sp³-hybridized carbons (Fsp3) is 0.227. The third-order valence-corrected chi connectivity index (χ3v) is 4.40. The molecule has 0 unspecified atom stereocenters. The summed E-state index contributed by atoms with van der Waals surface area (Å²) in [5, 5.41) is 3.14. The van der Waals surface area contributed by atoms with Crippen LogP contribution in [0, 0.1) is 6.92 Å². The Balaban J connectivity index is 1.76. The molecule has 0 fully saturated rings. The Hall–Kier alpha value is -3.61. The van der Waals surface area contributed by atoms with Gasteiger partial charge >= 0.3 is 0 Å². The molecule has 29 heavy (non-hydrogen) atoms. The largest absolute Gasteiger partial charge is 0.493 e. The molecule has 0 aliphatic heterocycles. The zero-order chi connectivity index (χ0) is 20.8. The van der Waals surface area contributed by atoms with Crippen LogP contribution in [-0.4, -0.2) is 36.6 Å². The van der Waals surface area contributed by atoms with Crippen molar-refractivity contribution in [1.82, 2.24) is 9.97 Å². The summed E-state index contributed by atoms with van der Waals surface area (Å²) in [6.07, 6.45) is 3.01. The van der Waals surface area contributed by atoms with E-state index in [0.29, 0.717) is 23.9 Å². The quantitative estimate of drug-likeness (QED) is 0.649. The predicted molar refractivity (Wildman–Crippen MR) is 113 cm³/mol. The Kier molecular flexibility index (Phi) is 6.29. The number of amides is 1. The van der Waals surface area contributed by atoms with Crippen molar-refractivity contribution in [2.75, 3.05) is 31.0 Å². The number of benzene rings is 2. The second-order valence-corrected chi connectivity index (χ2v) is 6.37. The SMILES string of the molecule is CCN(C(=O)c1cnc(Nc2ccc(OC)c(OC)c2)cn1)c1cccc(C)c1. The molecular weight excluding hydrogens is 368 g/mol. The maximum Gasteiger partial charge on any atom is 0.278 e. The molecule has 0 aliphatic rings. The lowest BCUT2D eigenvalue weighted by atomic mass is 10.2. The standard InChI is InChI=1S/C22H24N4O3/c1-5-26(17-8-6-7-15(2)11-17)22(27)18-13-24-21(14-23-18)25-16-9-10-19(28-3)20(12-16)29-4/h6-14H,5H2,1-4H3,(H,24,25). The van der Waals surface area contributed by atoms with Crippen LogP contribution in [0.15, 0.2) is 54.9 Å². The average Bonchev–Trinajstić information content (AvgIpc) is 2.74. The van der Waals surface area contributed by atoms with Gasteiger partial charge in [-0.15, -0.1) is 0 Å². The lowest BCUT2D eigenvalue weighted by Crippen LogP contribution is -2.31. The summed E-state index contributed by atoms with van der Waals surface area (Å²) >= 11 is 0. The second-order valence-electron chi connectivity index (χ2n) is 6.37. The van der Waals surface area contributed by atoms with Crippen LogP contribution in [0.4, 0.5) is 17.2 Å². The number of ether oxygens (including phenoxy) is 2. The number of nitrogens with zero attached hydrogens (tertiary/aromatic N) is 3. The van der Waals surface area contributed by atoms with Crippen LogP contribution >= 0.6 is 0 Å². The molecule has 0 bridgehead atoms. The molecule has 150 valence electrons. The van der Waals surface area contributed by atoms with Gasteiger partial charge in [-0.2, -0.15) is 0 Å². The number of rotatable bonds is 7. The van der Waals surface area contributed by atoms with Gasteiger partial charge in [0, 0.05) is 24.0 Å². The van der Waals surface area contributed by atoms with Crippen molar-refractivity contribution in [3.8, 4) is 11.5 Å². The first-order valence-corrected chi connectivity index (χ1v) is 9.25. The van der Waals surface area contributed by atoms with Gasteiger partial charge in [-0.05, 0) is 43.7 Å². The average molecular weight is 392 g/mol. The smallest absolute Gasteiger partial charge is 0.278 e. The molecule has 0 spiro atoms. The van der Waals surface area contributed by atoms with E-state index in [1.165, 1.54) is 12.4 Å². The van der Waals surface area contributed by atoms with Crippen molar-refractivity contribution in [2.45, 2.75) is 13.8 Å². The Labute approximate surface area is 170 Å². The molecule has 1 amide bonds. The van der Waals surface area contributed by atoms with E-state index >= 15 is 0 Å². The summed E-state index contributed by atoms with van der Waals surface area (Å²) in [4.78, 5) is 23.2. The number of hydrogen-bond acceptors (Lipinski definition) is 6. The highest BCUT2D eigenvalue weighted by Crippen LogP contribution is 2.30. The molecule has 1 heterocycles. The zero-order valence-corrected chi connectivity index (χ0v) is 17.0. The Morgan fingerprint density at radius 3 is 2.45 bits per heavy atom. The van der Waals surface area contributed by atoms with E-state index in [2.05, 4.69) is 15.3 Å². The van der Waals surface area contributed by atoms with E-state index in [0.717, 1.165) is 16.9 Å². The zero-order valence-electron chi connectivity index (χ0n) is 17.0. The molecule has 2 aromatic carbocycles. The normalized spacial score (nSPS) is 10.3. The third kappa shape index (κ3) is 4.63. The van der Waals surface area contributed by atoms with Gasteiger partial charge in [-0.3, -0.25) is 4.79 Å². The topological polar surface area (TPSA) is 76.6 Å². The van der Waals surface area contributed by atoms with Gasteiger partial charge in [-0.25, -0.2) is 9.97 Å². The fourth-order valence-electron chi connectivity index (χ4n) is 2.94. The maximum absolute atomic E-state index is 12.9. The molecule has 7 nitrogen and oxygen atoms in total. The molecule has 1 N–H and O–H groups in total. The van der Waals surface area contributed by atoms with Crippen LogP contribution in [0.1, 0.15) is 23.0 Å². The van der Waals surface area contributed by atoms with Crippen molar-refractivity contribution in [3.63, 3.8) is 0 Å². The number of hydrogen-bond donors (Lipinski definition) is 1. The van der Waals surface area contributed by atoms with Crippen LogP contribution in [0.25, 0.3) is 0 Å². The third-order valence-electron chi connectivity index (χ3n) is 4.40. The second kappa shape index (κ2) is 9.05. The van der Waals surface area contributed by atoms with Crippen molar-refractivity contribution < 1.29 is 14.3 Å². The minimum atomic E-state index is -0.191. The van der Waals surface area contributed by atoms with Gasteiger partial charge in [0.2, 0.25) is 0 Å². The summed E-state index contributed by atoms with van der Waals surface area (Å²) < 4.78 is 10.5. The van der Waals surface area contributed by atoms with Crippen LogP contribution in [0.3, 0.4) is 0 Å². The Morgan fingerprint density at radius 2 is 1.83 bits per heavy atom. The molecule has 1 aromatic heterocycles. The van der Waals surface area contributed by atoms with Crippen LogP contribution in [0.2, 0.25) is 0 Å². The number of nitrogens with one attached hydrogen (secondary N) is 1. The number of carbonyl (C=O) groups is 1. The number of aromatic nitrogens is 2. The summed E-state index contributed by atoms with van der Waals surface area (Å²) in [6, 6.07) is 13.3. The van der Waals surface area contributed by atoms with E-state index in [-0.39, 0.29) is 11.6 Å². The highest BCUT2D eigenvalue weighted by Gasteiger charge is 2.18. The summed E-state index contributed by atoms with van der Waals surface area (Å²) in [5.74, 6) is 1.57. The van der Waals surface area contributed by atoms with Crippen molar-refractivity contribution in [3.05, 3.63) is 66.1 Å². The van der Waals surface area contributed by atoms with Crippen molar-refractivity contribution >= 4 is 23.1 Å². The summed E-state index contributed by atoms with van der Waals surface area (Å²) in [6.45, 7) is 4.46. The highest BCUT2D eigenvalue weighted by molar-refractivity contribution is 6.04. The van der Waals surface area contributed by atoms with E-state index in [1.807, 2.05) is 44.2 Å². The van der Waals surface area contributed by atoms with Gasteiger partial charge in [0.05, 0.1) is 26.6 Å². The van der Waals surface area contributed by atoms with Gasteiger partial charge in [-0.1, -0.05) is 12.1 Å². The maximum atomic E-state index is 12.9. The lowest BCUT2D eigenvalue weighted by molar-refractivity contribution is 0.0983. The molecule has 0 atom stereocenters. The predicted octanol–water partition coefficient (Wildman–Crippen LogP) is 4.21. The first-order chi connectivity index (χ1) is 14.0. The molecule has 7 heteroatoms. The number of aryl methyl sites for hydroxylation is 1. The van der Waals surface area contributed by atoms with Crippen molar-refractivity contribution in [2.24, 2.45) is 0 Å². The first kappa shape index (κ1) is 20.1. The fourth-order valence-corrected chi connectivity index (χ4v) is 2.94. The number of anilines is 3. The van der Waals surface area contributed by atoms with Crippen LogP contribution in [-0.2, 0) is 0 Å². The van der Waals surface area contributed by atoms with E-state index in [9.17, 15) is 4.79 Å². The molecule has 0 saturated heterocycles. The molecule has 3 aromatic rings. The van der Waals surface area contributed by atoms with Gasteiger partial charge < -0.3 is 19.7 Å². The van der Waals surface area contributed by atoms with Crippen LogP contribution in [0.5, 0.6) is 11.5 Å². The summed E-state index contributed by atoms with van der Waals surface area (Å²) in [5.41, 5.74) is 2.98. The van der Waals surface area contributed by atoms with E-state index in [4.69, 9.17) is 9.47 Å². The van der Waals surface area contributed by atoms with Gasteiger partial charge in [0.1, 0.15) is 11.5 Å².